The van der Waals surface area contributed by atoms with Gasteiger partial charge < -0.3 is 21.3 Å². The zero-order chi connectivity index (χ0) is 21.8. The van der Waals surface area contributed by atoms with E-state index in [2.05, 4.69) is 43.4 Å². The fraction of sp³-hybridized carbons (Fsp3) is 0.261. The summed E-state index contributed by atoms with van der Waals surface area (Å²) in [4.78, 5) is 21.3. The van der Waals surface area contributed by atoms with Crippen molar-refractivity contribution < 1.29 is 9.18 Å². The van der Waals surface area contributed by atoms with Crippen molar-refractivity contribution in [2.75, 3.05) is 23.7 Å². The van der Waals surface area contributed by atoms with Crippen molar-refractivity contribution in [2.45, 2.75) is 26.8 Å². The third-order valence-corrected chi connectivity index (χ3v) is 5.14. The highest BCUT2D eigenvalue weighted by molar-refractivity contribution is 5.99. The maximum atomic E-state index is 13.6. The second-order valence-electron chi connectivity index (χ2n) is 7.44. The van der Waals surface area contributed by atoms with Gasteiger partial charge in [0.15, 0.2) is 0 Å². The highest BCUT2D eigenvalue weighted by Crippen LogP contribution is 2.25. The monoisotopic (exact) mass is 420 g/mol. The Morgan fingerprint density at radius 1 is 1.13 bits per heavy atom. The van der Waals surface area contributed by atoms with Gasteiger partial charge in [0.05, 0.1) is 0 Å². The van der Waals surface area contributed by atoms with Gasteiger partial charge >= 0.3 is 0 Å². The van der Waals surface area contributed by atoms with Gasteiger partial charge in [-0.3, -0.25) is 4.79 Å². The maximum Gasteiger partial charge on any atom is 0.256 e. The number of aromatic nitrogens is 2. The summed E-state index contributed by atoms with van der Waals surface area (Å²) < 4.78 is 13.6. The lowest BCUT2D eigenvalue weighted by Gasteiger charge is -2.18. The van der Waals surface area contributed by atoms with E-state index in [1.807, 2.05) is 13.0 Å². The van der Waals surface area contributed by atoms with Crippen LogP contribution in [0.25, 0.3) is 0 Å². The van der Waals surface area contributed by atoms with Gasteiger partial charge in [-0.2, -0.15) is 4.98 Å². The predicted molar refractivity (Wildman–Crippen MR) is 120 cm³/mol. The SMILES string of the molecule is CCNC(=O)c1cnc(Nc2ccc3c(c2)CCNC3)nc1Nc1ccc(F)c(C)c1. The molecule has 160 valence electrons. The zero-order valence-corrected chi connectivity index (χ0v) is 17.6. The van der Waals surface area contributed by atoms with Crippen LogP contribution in [0.3, 0.4) is 0 Å². The topological polar surface area (TPSA) is 91.0 Å². The molecule has 2 heterocycles. The highest BCUT2D eigenvalue weighted by atomic mass is 19.1. The number of hydrogen-bond acceptors (Lipinski definition) is 6. The molecule has 0 unspecified atom stereocenters. The molecule has 0 spiro atoms. The molecule has 0 radical (unpaired) electrons. The van der Waals surface area contributed by atoms with E-state index in [9.17, 15) is 9.18 Å². The minimum atomic E-state index is -0.290. The van der Waals surface area contributed by atoms with Crippen LogP contribution in [0.1, 0.15) is 34.0 Å². The summed E-state index contributed by atoms with van der Waals surface area (Å²) in [6.07, 6.45) is 2.46. The number of carbonyl (C=O) groups excluding carboxylic acids is 1. The van der Waals surface area contributed by atoms with Crippen LogP contribution < -0.4 is 21.3 Å². The van der Waals surface area contributed by atoms with E-state index in [0.717, 1.165) is 25.2 Å². The van der Waals surface area contributed by atoms with Gasteiger partial charge in [0.1, 0.15) is 17.2 Å². The molecule has 4 rings (SSSR count). The van der Waals surface area contributed by atoms with Crippen LogP contribution >= 0.6 is 0 Å². The van der Waals surface area contributed by atoms with Gasteiger partial charge in [-0.15, -0.1) is 0 Å². The van der Waals surface area contributed by atoms with Crippen molar-refractivity contribution in [1.82, 2.24) is 20.6 Å². The number of nitrogens with one attached hydrogen (secondary N) is 4. The highest BCUT2D eigenvalue weighted by Gasteiger charge is 2.16. The lowest BCUT2D eigenvalue weighted by molar-refractivity contribution is 0.0956. The van der Waals surface area contributed by atoms with Crippen LogP contribution in [-0.4, -0.2) is 29.0 Å². The molecule has 1 aromatic heterocycles. The van der Waals surface area contributed by atoms with Crippen molar-refractivity contribution in [3.8, 4) is 0 Å². The summed E-state index contributed by atoms with van der Waals surface area (Å²) in [5.41, 5.74) is 4.91. The van der Waals surface area contributed by atoms with Crippen molar-refractivity contribution in [3.63, 3.8) is 0 Å². The molecule has 1 aliphatic rings. The van der Waals surface area contributed by atoms with Crippen LogP contribution in [-0.2, 0) is 13.0 Å². The molecule has 0 saturated heterocycles. The number of rotatable bonds is 6. The Bertz CT molecular complexity index is 1120. The summed E-state index contributed by atoms with van der Waals surface area (Å²) in [6.45, 7) is 5.84. The average Bonchev–Trinajstić information content (AvgIpc) is 2.76. The Balaban J connectivity index is 1.63. The normalized spacial score (nSPS) is 12.7. The first-order valence-corrected chi connectivity index (χ1v) is 10.3. The molecule has 1 amide bonds. The molecule has 0 fully saturated rings. The quantitative estimate of drug-likeness (QED) is 0.485. The first kappa shape index (κ1) is 20.7. The lowest BCUT2D eigenvalue weighted by Crippen LogP contribution is -2.24. The van der Waals surface area contributed by atoms with Gasteiger partial charge in [-0.25, -0.2) is 9.37 Å². The van der Waals surface area contributed by atoms with Gasteiger partial charge in [-0.1, -0.05) is 6.07 Å². The Morgan fingerprint density at radius 3 is 2.74 bits per heavy atom. The number of benzene rings is 2. The Kier molecular flexibility index (Phi) is 6.08. The van der Waals surface area contributed by atoms with Gasteiger partial charge in [0.2, 0.25) is 5.95 Å². The molecule has 4 N–H and O–H groups in total. The summed E-state index contributed by atoms with van der Waals surface area (Å²) in [6, 6.07) is 10.8. The van der Waals surface area contributed by atoms with Crippen LogP contribution in [0.4, 0.5) is 27.5 Å². The van der Waals surface area contributed by atoms with Crippen molar-refractivity contribution in [2.24, 2.45) is 0 Å². The molecule has 31 heavy (non-hydrogen) atoms. The van der Waals surface area contributed by atoms with E-state index in [1.165, 1.54) is 23.4 Å². The molecule has 2 aromatic carbocycles. The second kappa shape index (κ2) is 9.09. The number of amides is 1. The van der Waals surface area contributed by atoms with Gasteiger partial charge in [-0.05, 0) is 73.8 Å². The van der Waals surface area contributed by atoms with E-state index in [4.69, 9.17) is 0 Å². The molecule has 0 atom stereocenters. The molecular weight excluding hydrogens is 395 g/mol. The molecule has 1 aliphatic heterocycles. The molecule has 0 aliphatic carbocycles. The summed E-state index contributed by atoms with van der Waals surface area (Å²) in [7, 11) is 0. The number of hydrogen-bond donors (Lipinski definition) is 4. The number of aryl methyl sites for hydroxylation is 1. The van der Waals surface area contributed by atoms with Crippen molar-refractivity contribution in [3.05, 3.63) is 70.7 Å². The van der Waals surface area contributed by atoms with Crippen molar-refractivity contribution in [1.29, 1.82) is 0 Å². The predicted octanol–water partition coefficient (Wildman–Crippen LogP) is 3.81. The molecular formula is C23H25FN6O. The number of carbonyl (C=O) groups is 1. The van der Waals surface area contributed by atoms with Gasteiger partial charge in [0.25, 0.3) is 5.91 Å². The fourth-order valence-corrected chi connectivity index (χ4v) is 3.50. The maximum absolute atomic E-state index is 13.6. The lowest BCUT2D eigenvalue weighted by atomic mass is 10.0. The van der Waals surface area contributed by atoms with E-state index in [1.54, 1.807) is 19.1 Å². The smallest absolute Gasteiger partial charge is 0.256 e. The minimum absolute atomic E-state index is 0.281. The minimum Gasteiger partial charge on any atom is -0.352 e. The summed E-state index contributed by atoms with van der Waals surface area (Å²) >= 11 is 0. The fourth-order valence-electron chi connectivity index (χ4n) is 3.50. The van der Waals surface area contributed by atoms with Crippen molar-refractivity contribution >= 4 is 29.0 Å². The largest absolute Gasteiger partial charge is 0.352 e. The van der Waals surface area contributed by atoms with Crippen LogP contribution in [0, 0.1) is 12.7 Å². The van der Waals surface area contributed by atoms with Crippen LogP contribution in [0.15, 0.2) is 42.6 Å². The standard InChI is InChI=1S/C23H25FN6O/c1-3-26-22(31)19-13-27-23(29-18-5-4-16-12-25-9-8-15(16)11-18)30-21(19)28-17-6-7-20(24)14(2)10-17/h4-7,10-11,13,25H,3,8-9,12H2,1-2H3,(H,26,31)(H2,27,28,29,30). The first-order valence-electron chi connectivity index (χ1n) is 10.3. The number of nitrogens with zero attached hydrogens (tertiary/aromatic N) is 2. The number of fused-ring (bicyclic) bond motifs is 1. The second-order valence-corrected chi connectivity index (χ2v) is 7.44. The van der Waals surface area contributed by atoms with E-state index >= 15 is 0 Å². The Hall–Kier alpha value is -3.52. The van der Waals surface area contributed by atoms with Gasteiger partial charge in [0, 0.05) is 30.7 Å². The average molecular weight is 420 g/mol. The molecule has 3 aromatic rings. The molecule has 0 saturated carbocycles. The third kappa shape index (κ3) is 4.80. The third-order valence-electron chi connectivity index (χ3n) is 5.14. The zero-order valence-electron chi connectivity index (χ0n) is 17.6. The molecule has 7 nitrogen and oxygen atoms in total. The van der Waals surface area contributed by atoms with Crippen LogP contribution in [0.2, 0.25) is 0 Å². The summed E-state index contributed by atoms with van der Waals surface area (Å²) in [5, 5.41) is 12.5. The Labute approximate surface area is 180 Å². The molecule has 8 heteroatoms. The molecule has 0 bridgehead atoms. The van der Waals surface area contributed by atoms with E-state index < -0.39 is 0 Å². The van der Waals surface area contributed by atoms with E-state index in [0.29, 0.717) is 35.1 Å². The summed E-state index contributed by atoms with van der Waals surface area (Å²) in [5.74, 6) is 0.138. The Morgan fingerprint density at radius 2 is 1.94 bits per heavy atom. The van der Waals surface area contributed by atoms with Crippen LogP contribution in [0.5, 0.6) is 0 Å². The van der Waals surface area contributed by atoms with E-state index in [-0.39, 0.29) is 11.7 Å². The first-order chi connectivity index (χ1) is 15.0. The number of halogens is 1. The number of anilines is 4.